The van der Waals surface area contributed by atoms with Gasteiger partial charge in [-0.3, -0.25) is 4.79 Å². The van der Waals surface area contributed by atoms with Gasteiger partial charge in [-0.1, -0.05) is 24.1 Å². The second kappa shape index (κ2) is 6.40. The van der Waals surface area contributed by atoms with Crippen molar-refractivity contribution in [2.45, 2.75) is 19.0 Å². The molecule has 2 aromatic rings. The van der Waals surface area contributed by atoms with E-state index in [9.17, 15) is 18.0 Å². The highest BCUT2D eigenvalue weighted by molar-refractivity contribution is 6.06. The lowest BCUT2D eigenvalue weighted by molar-refractivity contribution is -0.137. The highest BCUT2D eigenvalue weighted by Crippen LogP contribution is 2.29. The predicted octanol–water partition coefficient (Wildman–Crippen LogP) is 4.04. The highest BCUT2D eigenvalue weighted by atomic mass is 19.4. The van der Waals surface area contributed by atoms with Crippen LogP contribution in [0.4, 0.5) is 18.9 Å². The van der Waals surface area contributed by atoms with Gasteiger partial charge in [0.25, 0.3) is 0 Å². The Morgan fingerprint density at radius 1 is 1.04 bits per heavy atom. The molecule has 0 fully saturated rings. The van der Waals surface area contributed by atoms with Crippen LogP contribution in [0, 0.1) is 11.8 Å². The Morgan fingerprint density at radius 2 is 1.75 bits per heavy atom. The predicted molar refractivity (Wildman–Crippen MR) is 85.4 cm³/mol. The molecule has 0 radical (unpaired) electrons. The van der Waals surface area contributed by atoms with Gasteiger partial charge in [0.05, 0.1) is 5.56 Å². The largest absolute Gasteiger partial charge is 0.416 e. The summed E-state index contributed by atoms with van der Waals surface area (Å²) in [6.45, 7) is 0.595. The summed E-state index contributed by atoms with van der Waals surface area (Å²) in [6, 6.07) is 12.1. The zero-order valence-corrected chi connectivity index (χ0v) is 12.7. The smallest absolute Gasteiger partial charge is 0.301 e. The van der Waals surface area contributed by atoms with Crippen molar-refractivity contribution in [1.82, 2.24) is 0 Å². The SMILES string of the molecule is O=C(C#Cc1ccc(C(F)(F)F)cc1)N1CCCc2ccccc21. The lowest BCUT2D eigenvalue weighted by Crippen LogP contribution is -2.34. The lowest BCUT2D eigenvalue weighted by Gasteiger charge is -2.27. The minimum absolute atomic E-state index is 0.345. The molecule has 1 heterocycles. The summed E-state index contributed by atoms with van der Waals surface area (Å²) in [5.74, 6) is 4.82. The van der Waals surface area contributed by atoms with E-state index in [2.05, 4.69) is 11.8 Å². The molecule has 2 aromatic carbocycles. The zero-order valence-electron chi connectivity index (χ0n) is 12.7. The van der Waals surface area contributed by atoms with Gasteiger partial charge in [0.15, 0.2) is 0 Å². The molecule has 0 aliphatic carbocycles. The highest BCUT2D eigenvalue weighted by Gasteiger charge is 2.29. The van der Waals surface area contributed by atoms with E-state index in [1.54, 1.807) is 4.90 Å². The molecule has 24 heavy (non-hydrogen) atoms. The van der Waals surface area contributed by atoms with E-state index in [4.69, 9.17) is 0 Å². The Morgan fingerprint density at radius 3 is 2.46 bits per heavy atom. The number of carbonyl (C=O) groups is 1. The summed E-state index contributed by atoms with van der Waals surface area (Å²) >= 11 is 0. The molecule has 0 unspecified atom stereocenters. The van der Waals surface area contributed by atoms with Crippen molar-refractivity contribution >= 4 is 11.6 Å². The summed E-state index contributed by atoms with van der Waals surface area (Å²) in [5.41, 5.74) is 1.61. The molecule has 0 saturated carbocycles. The van der Waals surface area contributed by atoms with Crippen LogP contribution in [0.25, 0.3) is 0 Å². The average Bonchev–Trinajstić information content (AvgIpc) is 2.59. The first-order chi connectivity index (χ1) is 11.4. The molecule has 5 heteroatoms. The Balaban J connectivity index is 1.78. The number of halogens is 3. The molecule has 3 rings (SSSR count). The van der Waals surface area contributed by atoms with Crippen LogP contribution in [0.3, 0.4) is 0 Å². The number of aryl methyl sites for hydroxylation is 1. The molecule has 122 valence electrons. The molecule has 0 N–H and O–H groups in total. The average molecular weight is 329 g/mol. The van der Waals surface area contributed by atoms with Crippen molar-refractivity contribution in [3.8, 4) is 11.8 Å². The number of para-hydroxylation sites is 1. The normalized spacial score (nSPS) is 13.7. The van der Waals surface area contributed by atoms with Crippen LogP contribution < -0.4 is 4.90 Å². The van der Waals surface area contributed by atoms with Crippen molar-refractivity contribution in [3.05, 3.63) is 65.2 Å². The van der Waals surface area contributed by atoms with Gasteiger partial charge >= 0.3 is 12.1 Å². The third kappa shape index (κ3) is 3.43. The van der Waals surface area contributed by atoms with Crippen molar-refractivity contribution in [2.24, 2.45) is 0 Å². The number of hydrogen-bond donors (Lipinski definition) is 0. The van der Waals surface area contributed by atoms with Gasteiger partial charge < -0.3 is 4.90 Å². The van der Waals surface area contributed by atoms with Gasteiger partial charge in [0.1, 0.15) is 0 Å². The first-order valence-corrected chi connectivity index (χ1v) is 7.54. The first-order valence-electron chi connectivity index (χ1n) is 7.54. The van der Waals surface area contributed by atoms with E-state index in [-0.39, 0.29) is 5.91 Å². The van der Waals surface area contributed by atoms with Gasteiger partial charge in [-0.05, 0) is 48.7 Å². The summed E-state index contributed by atoms with van der Waals surface area (Å²) in [4.78, 5) is 14.0. The van der Waals surface area contributed by atoms with Crippen molar-refractivity contribution < 1.29 is 18.0 Å². The zero-order chi connectivity index (χ0) is 17.2. The Labute approximate surface area is 137 Å². The molecular formula is C19H14F3NO. The van der Waals surface area contributed by atoms with Gasteiger partial charge in [-0.15, -0.1) is 0 Å². The summed E-state index contributed by atoms with van der Waals surface area (Å²) in [5, 5.41) is 0. The van der Waals surface area contributed by atoms with Gasteiger partial charge in [-0.2, -0.15) is 13.2 Å². The second-order valence-electron chi connectivity index (χ2n) is 5.51. The quantitative estimate of drug-likeness (QED) is 0.668. The lowest BCUT2D eigenvalue weighted by atomic mass is 10.0. The Kier molecular flexibility index (Phi) is 4.30. The van der Waals surface area contributed by atoms with Crippen LogP contribution in [0.15, 0.2) is 48.5 Å². The molecule has 2 nitrogen and oxygen atoms in total. The monoisotopic (exact) mass is 329 g/mol. The van der Waals surface area contributed by atoms with Crippen molar-refractivity contribution in [2.75, 3.05) is 11.4 Å². The van der Waals surface area contributed by atoms with E-state index in [1.807, 2.05) is 24.3 Å². The maximum atomic E-state index is 12.5. The van der Waals surface area contributed by atoms with Crippen LogP contribution in [0.1, 0.15) is 23.1 Å². The van der Waals surface area contributed by atoms with Gasteiger partial charge in [0, 0.05) is 23.7 Å². The van der Waals surface area contributed by atoms with Crippen LogP contribution in [-0.2, 0) is 17.4 Å². The fraction of sp³-hybridized carbons (Fsp3) is 0.211. The molecule has 1 aliphatic heterocycles. The third-order valence-electron chi connectivity index (χ3n) is 3.88. The van der Waals surface area contributed by atoms with E-state index >= 15 is 0 Å². The number of nitrogens with zero attached hydrogens (tertiary/aromatic N) is 1. The fourth-order valence-electron chi connectivity index (χ4n) is 2.68. The van der Waals surface area contributed by atoms with Crippen LogP contribution in [0.5, 0.6) is 0 Å². The second-order valence-corrected chi connectivity index (χ2v) is 5.51. The number of benzene rings is 2. The topological polar surface area (TPSA) is 20.3 Å². The standard InChI is InChI=1S/C19H14F3NO/c20-19(21,22)16-10-7-14(8-11-16)9-12-18(24)23-13-3-5-15-4-1-2-6-17(15)23/h1-2,4,6-8,10-11H,3,5,13H2. The van der Waals surface area contributed by atoms with Crippen molar-refractivity contribution in [1.29, 1.82) is 0 Å². The van der Waals surface area contributed by atoms with E-state index in [0.717, 1.165) is 36.2 Å². The van der Waals surface area contributed by atoms with Gasteiger partial charge in [0.2, 0.25) is 0 Å². The number of rotatable bonds is 0. The summed E-state index contributed by atoms with van der Waals surface area (Å²) in [7, 11) is 0. The molecule has 0 bridgehead atoms. The molecule has 0 spiro atoms. The number of anilines is 1. The fourth-order valence-corrected chi connectivity index (χ4v) is 2.68. The van der Waals surface area contributed by atoms with Crippen LogP contribution in [0.2, 0.25) is 0 Å². The third-order valence-corrected chi connectivity index (χ3v) is 3.88. The van der Waals surface area contributed by atoms with Crippen LogP contribution in [-0.4, -0.2) is 12.5 Å². The number of fused-ring (bicyclic) bond motifs is 1. The number of amides is 1. The summed E-state index contributed by atoms with van der Waals surface area (Å²) < 4.78 is 37.6. The minimum atomic E-state index is -4.38. The maximum absolute atomic E-state index is 12.5. The number of carbonyl (C=O) groups excluding carboxylic acids is 1. The van der Waals surface area contributed by atoms with E-state index in [1.165, 1.54) is 12.1 Å². The van der Waals surface area contributed by atoms with E-state index in [0.29, 0.717) is 12.1 Å². The first kappa shape index (κ1) is 16.1. The minimum Gasteiger partial charge on any atom is -0.301 e. The Hall–Kier alpha value is -2.74. The number of hydrogen-bond acceptors (Lipinski definition) is 1. The molecule has 0 aromatic heterocycles. The molecule has 1 amide bonds. The van der Waals surface area contributed by atoms with Gasteiger partial charge in [-0.25, -0.2) is 0 Å². The van der Waals surface area contributed by atoms with Crippen molar-refractivity contribution in [3.63, 3.8) is 0 Å². The van der Waals surface area contributed by atoms with Crippen LogP contribution >= 0.6 is 0 Å². The molecule has 0 saturated heterocycles. The molecular weight excluding hydrogens is 315 g/mol. The summed E-state index contributed by atoms with van der Waals surface area (Å²) in [6.07, 6.45) is -2.59. The molecule has 0 atom stereocenters. The van der Waals surface area contributed by atoms with E-state index < -0.39 is 11.7 Å². The number of alkyl halides is 3. The molecule has 1 aliphatic rings. The maximum Gasteiger partial charge on any atom is 0.416 e. The Bertz CT molecular complexity index is 813.